The fourth-order valence-corrected chi connectivity index (χ4v) is 2.72. The van der Waals surface area contributed by atoms with Crippen LogP contribution in [-0.4, -0.2) is 44.0 Å². The molecule has 2 rings (SSSR count). The van der Waals surface area contributed by atoms with Gasteiger partial charge in [-0.25, -0.2) is 4.79 Å². The van der Waals surface area contributed by atoms with Crippen molar-refractivity contribution in [2.75, 3.05) is 32.6 Å². The predicted octanol–water partition coefficient (Wildman–Crippen LogP) is 2.06. The number of hydrogen-bond acceptors (Lipinski definition) is 4. The molecule has 0 aromatic heterocycles. The summed E-state index contributed by atoms with van der Waals surface area (Å²) in [5, 5.41) is 2.95. The van der Waals surface area contributed by atoms with Crippen molar-refractivity contribution < 1.29 is 14.3 Å². The van der Waals surface area contributed by atoms with Crippen LogP contribution in [0.15, 0.2) is 18.2 Å². The highest BCUT2D eigenvalue weighted by molar-refractivity contribution is 5.97. The van der Waals surface area contributed by atoms with Crippen molar-refractivity contribution in [2.24, 2.45) is 5.92 Å². The third kappa shape index (κ3) is 3.61. The number of carbonyl (C=O) groups excluding carboxylic acids is 2. The minimum Gasteiger partial charge on any atom is -0.465 e. The lowest BCUT2D eigenvalue weighted by Gasteiger charge is -2.29. The van der Waals surface area contributed by atoms with Crippen molar-refractivity contribution in [1.82, 2.24) is 4.90 Å². The van der Waals surface area contributed by atoms with Crippen LogP contribution in [0.25, 0.3) is 0 Å². The molecule has 1 aromatic rings. The van der Waals surface area contributed by atoms with E-state index < -0.39 is 0 Å². The van der Waals surface area contributed by atoms with Gasteiger partial charge in [0.2, 0.25) is 5.91 Å². The molecule has 21 heavy (non-hydrogen) atoms. The summed E-state index contributed by atoms with van der Waals surface area (Å²) >= 11 is 0. The van der Waals surface area contributed by atoms with Gasteiger partial charge in [0.15, 0.2) is 0 Å². The molecule has 0 saturated carbocycles. The van der Waals surface area contributed by atoms with Crippen molar-refractivity contribution >= 4 is 17.6 Å². The number of amides is 1. The number of carbonyl (C=O) groups is 2. The molecule has 0 spiro atoms. The van der Waals surface area contributed by atoms with Gasteiger partial charge >= 0.3 is 5.97 Å². The fourth-order valence-electron chi connectivity index (χ4n) is 2.72. The van der Waals surface area contributed by atoms with Crippen LogP contribution in [0.4, 0.5) is 5.69 Å². The molecule has 1 aliphatic heterocycles. The van der Waals surface area contributed by atoms with E-state index in [9.17, 15) is 9.59 Å². The molecule has 1 atom stereocenters. The van der Waals surface area contributed by atoms with Crippen LogP contribution >= 0.6 is 0 Å². The van der Waals surface area contributed by atoms with E-state index >= 15 is 0 Å². The lowest BCUT2D eigenvalue weighted by Crippen LogP contribution is -2.38. The number of esters is 1. The van der Waals surface area contributed by atoms with Crippen molar-refractivity contribution in [3.63, 3.8) is 0 Å². The molecule has 0 bridgehead atoms. The zero-order valence-electron chi connectivity index (χ0n) is 12.8. The van der Waals surface area contributed by atoms with Gasteiger partial charge in [0.1, 0.15) is 0 Å². The fraction of sp³-hybridized carbons (Fsp3) is 0.500. The smallest absolute Gasteiger partial charge is 0.338 e. The predicted molar refractivity (Wildman–Crippen MR) is 81.4 cm³/mol. The normalized spacial score (nSPS) is 19.1. The average molecular weight is 290 g/mol. The molecule has 1 heterocycles. The highest BCUT2D eigenvalue weighted by atomic mass is 16.5. The Morgan fingerprint density at radius 1 is 1.38 bits per heavy atom. The molecule has 5 heteroatoms. The molecule has 1 saturated heterocycles. The van der Waals surface area contributed by atoms with Gasteiger partial charge in [0.05, 0.1) is 18.6 Å². The van der Waals surface area contributed by atoms with E-state index in [0.717, 1.165) is 31.5 Å². The summed E-state index contributed by atoms with van der Waals surface area (Å²) in [6, 6.07) is 5.26. The van der Waals surface area contributed by atoms with Gasteiger partial charge in [0, 0.05) is 12.2 Å². The van der Waals surface area contributed by atoms with E-state index in [4.69, 9.17) is 4.74 Å². The van der Waals surface area contributed by atoms with E-state index in [0.29, 0.717) is 11.3 Å². The molecule has 0 unspecified atom stereocenters. The highest BCUT2D eigenvalue weighted by Gasteiger charge is 2.24. The number of methoxy groups -OCH3 is 1. The van der Waals surface area contributed by atoms with Crippen LogP contribution in [0.2, 0.25) is 0 Å². The van der Waals surface area contributed by atoms with E-state index in [1.807, 2.05) is 20.0 Å². The Labute approximate surface area is 125 Å². The SMILES string of the molecule is COC(=O)c1cccc(NC(=O)[C@@H]2CCCN(C)C2)c1C. The third-order valence-electron chi connectivity index (χ3n) is 3.99. The van der Waals surface area contributed by atoms with E-state index in [2.05, 4.69) is 10.2 Å². The first-order valence-electron chi connectivity index (χ1n) is 7.20. The first-order chi connectivity index (χ1) is 10.0. The second kappa shape index (κ2) is 6.72. The number of likely N-dealkylation sites (tertiary alicyclic amines) is 1. The standard InChI is InChI=1S/C16H22N2O3/c1-11-13(16(20)21-3)7-4-8-14(11)17-15(19)12-6-5-9-18(2)10-12/h4,7-8,12H,5-6,9-10H2,1-3H3,(H,17,19)/t12-/m1/s1. The molecule has 5 nitrogen and oxygen atoms in total. The van der Waals surface area contributed by atoms with E-state index in [-0.39, 0.29) is 17.8 Å². The lowest BCUT2D eigenvalue weighted by atomic mass is 9.97. The Bertz CT molecular complexity index is 542. The number of hydrogen-bond donors (Lipinski definition) is 1. The zero-order valence-corrected chi connectivity index (χ0v) is 12.8. The van der Waals surface area contributed by atoms with Crippen molar-refractivity contribution in [1.29, 1.82) is 0 Å². The average Bonchev–Trinajstić information content (AvgIpc) is 2.48. The van der Waals surface area contributed by atoms with Crippen LogP contribution in [-0.2, 0) is 9.53 Å². The Balaban J connectivity index is 2.12. The number of ether oxygens (including phenoxy) is 1. The van der Waals surface area contributed by atoms with E-state index in [1.165, 1.54) is 7.11 Å². The number of nitrogens with zero attached hydrogens (tertiary/aromatic N) is 1. The summed E-state index contributed by atoms with van der Waals surface area (Å²) in [6.45, 7) is 3.64. The van der Waals surface area contributed by atoms with Gasteiger partial charge < -0.3 is 15.0 Å². The van der Waals surface area contributed by atoms with Gasteiger partial charge in [0.25, 0.3) is 0 Å². The van der Waals surface area contributed by atoms with Crippen molar-refractivity contribution in [2.45, 2.75) is 19.8 Å². The first-order valence-corrected chi connectivity index (χ1v) is 7.20. The highest BCUT2D eigenvalue weighted by Crippen LogP contribution is 2.22. The second-order valence-electron chi connectivity index (χ2n) is 5.56. The van der Waals surface area contributed by atoms with Gasteiger partial charge in [-0.15, -0.1) is 0 Å². The van der Waals surface area contributed by atoms with Gasteiger partial charge in [-0.05, 0) is 51.1 Å². The first kappa shape index (κ1) is 15.5. The Kier molecular flexibility index (Phi) is 4.96. The summed E-state index contributed by atoms with van der Waals surface area (Å²) in [5.74, 6) is -0.363. The Morgan fingerprint density at radius 2 is 2.14 bits per heavy atom. The van der Waals surface area contributed by atoms with Gasteiger partial charge in [-0.3, -0.25) is 4.79 Å². The number of anilines is 1. The lowest BCUT2D eigenvalue weighted by molar-refractivity contribution is -0.121. The maximum absolute atomic E-state index is 12.4. The Hall–Kier alpha value is -1.88. The number of rotatable bonds is 3. The van der Waals surface area contributed by atoms with Crippen molar-refractivity contribution in [3.05, 3.63) is 29.3 Å². The summed E-state index contributed by atoms with van der Waals surface area (Å²) in [6.07, 6.45) is 1.95. The minimum atomic E-state index is -0.388. The van der Waals surface area contributed by atoms with Crippen LogP contribution in [0.1, 0.15) is 28.8 Å². The topological polar surface area (TPSA) is 58.6 Å². The van der Waals surface area contributed by atoms with E-state index in [1.54, 1.807) is 12.1 Å². The molecule has 1 amide bonds. The molecule has 114 valence electrons. The largest absolute Gasteiger partial charge is 0.465 e. The number of piperidine rings is 1. The molecule has 1 N–H and O–H groups in total. The maximum atomic E-state index is 12.4. The van der Waals surface area contributed by atoms with Crippen LogP contribution in [0.5, 0.6) is 0 Å². The third-order valence-corrected chi connectivity index (χ3v) is 3.99. The summed E-state index contributed by atoms with van der Waals surface area (Å²) in [7, 11) is 3.38. The molecular formula is C16H22N2O3. The molecule has 0 radical (unpaired) electrons. The molecule has 0 aliphatic carbocycles. The monoisotopic (exact) mass is 290 g/mol. The van der Waals surface area contributed by atoms with Crippen LogP contribution in [0, 0.1) is 12.8 Å². The quantitative estimate of drug-likeness (QED) is 0.866. The molecular weight excluding hydrogens is 268 g/mol. The minimum absolute atomic E-state index is 0.00457. The molecule has 1 aliphatic rings. The Morgan fingerprint density at radius 3 is 2.81 bits per heavy atom. The second-order valence-corrected chi connectivity index (χ2v) is 5.56. The number of benzene rings is 1. The van der Waals surface area contributed by atoms with Crippen LogP contribution in [0.3, 0.4) is 0 Å². The number of nitrogens with one attached hydrogen (secondary N) is 1. The molecule has 1 fully saturated rings. The van der Waals surface area contributed by atoms with Crippen LogP contribution < -0.4 is 5.32 Å². The zero-order chi connectivity index (χ0) is 15.4. The van der Waals surface area contributed by atoms with Gasteiger partial charge in [-0.2, -0.15) is 0 Å². The summed E-state index contributed by atoms with van der Waals surface area (Å²) < 4.78 is 4.75. The maximum Gasteiger partial charge on any atom is 0.338 e. The summed E-state index contributed by atoms with van der Waals surface area (Å²) in [4.78, 5) is 26.2. The van der Waals surface area contributed by atoms with Gasteiger partial charge in [-0.1, -0.05) is 6.07 Å². The van der Waals surface area contributed by atoms with Crippen molar-refractivity contribution in [3.8, 4) is 0 Å². The summed E-state index contributed by atoms with van der Waals surface area (Å²) in [5.41, 5.74) is 1.90. The molecule has 1 aromatic carbocycles.